The SMILES string of the molecule is CN(C)CCCc1ccc(Oc2ccc(C(F)(F)F)cn2)cc1. The van der Waals surface area contributed by atoms with Crippen molar-refractivity contribution < 1.29 is 17.9 Å². The van der Waals surface area contributed by atoms with Crippen LogP contribution in [0.5, 0.6) is 11.6 Å². The van der Waals surface area contributed by atoms with E-state index in [0.717, 1.165) is 31.6 Å². The first-order valence-electron chi connectivity index (χ1n) is 7.29. The Labute approximate surface area is 133 Å². The summed E-state index contributed by atoms with van der Waals surface area (Å²) >= 11 is 0. The Bertz CT molecular complexity index is 607. The van der Waals surface area contributed by atoms with Crippen molar-refractivity contribution in [3.05, 3.63) is 53.7 Å². The van der Waals surface area contributed by atoms with Gasteiger partial charge in [0, 0.05) is 12.3 Å². The van der Waals surface area contributed by atoms with Crippen LogP contribution in [0.1, 0.15) is 17.5 Å². The molecule has 2 aromatic rings. The van der Waals surface area contributed by atoms with E-state index in [1.54, 1.807) is 12.1 Å². The standard InChI is InChI=1S/C17H19F3N2O/c1-22(2)11-3-4-13-5-8-15(9-6-13)23-16-10-7-14(12-21-16)17(18,19)20/h5-10,12H,3-4,11H2,1-2H3. The zero-order valence-electron chi connectivity index (χ0n) is 13.1. The summed E-state index contributed by atoms with van der Waals surface area (Å²) in [6, 6.07) is 9.67. The average molecular weight is 324 g/mol. The van der Waals surface area contributed by atoms with Gasteiger partial charge in [0.25, 0.3) is 0 Å². The minimum absolute atomic E-state index is 0.137. The molecule has 0 bridgehead atoms. The zero-order chi connectivity index (χ0) is 16.9. The molecule has 1 aromatic carbocycles. The molecular weight excluding hydrogens is 305 g/mol. The van der Waals surface area contributed by atoms with E-state index in [1.165, 1.54) is 11.6 Å². The number of ether oxygens (including phenoxy) is 1. The predicted molar refractivity (Wildman–Crippen MR) is 82.6 cm³/mol. The van der Waals surface area contributed by atoms with Crippen LogP contribution in [0.2, 0.25) is 0 Å². The number of hydrogen-bond acceptors (Lipinski definition) is 3. The van der Waals surface area contributed by atoms with Gasteiger partial charge in [-0.25, -0.2) is 4.98 Å². The van der Waals surface area contributed by atoms with Crippen LogP contribution in [0.25, 0.3) is 0 Å². The third-order valence-corrected chi connectivity index (χ3v) is 3.28. The quantitative estimate of drug-likeness (QED) is 0.788. The second-order valence-corrected chi connectivity index (χ2v) is 5.54. The molecule has 2 rings (SSSR count). The highest BCUT2D eigenvalue weighted by atomic mass is 19.4. The lowest BCUT2D eigenvalue weighted by atomic mass is 10.1. The third-order valence-electron chi connectivity index (χ3n) is 3.28. The molecule has 3 nitrogen and oxygen atoms in total. The van der Waals surface area contributed by atoms with E-state index in [-0.39, 0.29) is 5.88 Å². The van der Waals surface area contributed by atoms with Crippen molar-refractivity contribution in [2.24, 2.45) is 0 Å². The van der Waals surface area contributed by atoms with E-state index in [1.807, 2.05) is 26.2 Å². The molecule has 1 heterocycles. The van der Waals surface area contributed by atoms with Gasteiger partial charge < -0.3 is 9.64 Å². The molecule has 0 aliphatic rings. The van der Waals surface area contributed by atoms with E-state index >= 15 is 0 Å². The lowest BCUT2D eigenvalue weighted by Crippen LogP contribution is -2.13. The number of hydrogen-bond donors (Lipinski definition) is 0. The Morgan fingerprint density at radius 2 is 1.74 bits per heavy atom. The highest BCUT2D eigenvalue weighted by Crippen LogP contribution is 2.30. The van der Waals surface area contributed by atoms with Crippen LogP contribution >= 0.6 is 0 Å². The Hall–Kier alpha value is -2.08. The molecule has 0 spiro atoms. The zero-order valence-corrected chi connectivity index (χ0v) is 13.1. The van der Waals surface area contributed by atoms with Crippen molar-refractivity contribution in [1.82, 2.24) is 9.88 Å². The van der Waals surface area contributed by atoms with E-state index in [2.05, 4.69) is 9.88 Å². The van der Waals surface area contributed by atoms with Gasteiger partial charge in [0.05, 0.1) is 5.56 Å². The van der Waals surface area contributed by atoms with Crippen LogP contribution in [0, 0.1) is 0 Å². The molecule has 0 aliphatic carbocycles. The molecule has 0 fully saturated rings. The number of pyridine rings is 1. The van der Waals surface area contributed by atoms with Crippen molar-refractivity contribution >= 4 is 0 Å². The van der Waals surface area contributed by atoms with Crippen LogP contribution < -0.4 is 4.74 Å². The smallest absolute Gasteiger partial charge is 0.417 e. The number of aryl methyl sites for hydroxylation is 1. The molecule has 0 radical (unpaired) electrons. The van der Waals surface area contributed by atoms with Gasteiger partial charge in [-0.15, -0.1) is 0 Å². The summed E-state index contributed by atoms with van der Waals surface area (Å²) in [6.45, 7) is 1.02. The van der Waals surface area contributed by atoms with Gasteiger partial charge in [-0.2, -0.15) is 13.2 Å². The average Bonchev–Trinajstić information content (AvgIpc) is 2.48. The predicted octanol–water partition coefficient (Wildman–Crippen LogP) is 4.39. The first kappa shape index (κ1) is 17.3. The largest absolute Gasteiger partial charge is 0.439 e. The molecule has 1 aromatic heterocycles. The maximum atomic E-state index is 12.5. The highest BCUT2D eigenvalue weighted by Gasteiger charge is 2.30. The fourth-order valence-electron chi connectivity index (χ4n) is 2.05. The summed E-state index contributed by atoms with van der Waals surface area (Å²) in [4.78, 5) is 5.82. The fraction of sp³-hybridized carbons (Fsp3) is 0.353. The van der Waals surface area contributed by atoms with Gasteiger partial charge in [-0.05, 0) is 57.2 Å². The number of benzene rings is 1. The van der Waals surface area contributed by atoms with E-state index < -0.39 is 11.7 Å². The number of nitrogens with zero attached hydrogens (tertiary/aromatic N) is 2. The van der Waals surface area contributed by atoms with Gasteiger partial charge in [0.1, 0.15) is 5.75 Å². The minimum atomic E-state index is -4.39. The van der Waals surface area contributed by atoms with Crippen molar-refractivity contribution in [2.45, 2.75) is 19.0 Å². The van der Waals surface area contributed by atoms with E-state index in [4.69, 9.17) is 4.74 Å². The van der Waals surface area contributed by atoms with Crippen LogP contribution in [0.3, 0.4) is 0 Å². The summed E-state index contributed by atoms with van der Waals surface area (Å²) in [5.41, 5.74) is 0.403. The molecule has 0 saturated carbocycles. The van der Waals surface area contributed by atoms with Gasteiger partial charge in [-0.1, -0.05) is 12.1 Å². The Morgan fingerprint density at radius 1 is 1.04 bits per heavy atom. The molecule has 0 amide bonds. The molecule has 0 N–H and O–H groups in total. The summed E-state index contributed by atoms with van der Waals surface area (Å²) < 4.78 is 42.8. The summed E-state index contributed by atoms with van der Waals surface area (Å²) in [7, 11) is 4.07. The summed E-state index contributed by atoms with van der Waals surface area (Å²) in [6.07, 6.45) is -1.59. The van der Waals surface area contributed by atoms with Gasteiger partial charge in [0.2, 0.25) is 5.88 Å². The lowest BCUT2D eigenvalue weighted by Gasteiger charge is -2.10. The van der Waals surface area contributed by atoms with Crippen molar-refractivity contribution in [2.75, 3.05) is 20.6 Å². The van der Waals surface area contributed by atoms with E-state index in [0.29, 0.717) is 5.75 Å². The fourth-order valence-corrected chi connectivity index (χ4v) is 2.05. The molecular formula is C17H19F3N2O. The van der Waals surface area contributed by atoms with Crippen LogP contribution in [-0.2, 0) is 12.6 Å². The van der Waals surface area contributed by atoms with Crippen molar-refractivity contribution in [1.29, 1.82) is 0 Å². The molecule has 23 heavy (non-hydrogen) atoms. The first-order chi connectivity index (χ1) is 10.8. The Kier molecular flexibility index (Phi) is 5.60. The maximum absolute atomic E-state index is 12.5. The Morgan fingerprint density at radius 3 is 2.26 bits per heavy atom. The highest BCUT2D eigenvalue weighted by molar-refractivity contribution is 5.31. The van der Waals surface area contributed by atoms with Gasteiger partial charge in [0.15, 0.2) is 0 Å². The molecule has 0 unspecified atom stereocenters. The van der Waals surface area contributed by atoms with Crippen LogP contribution in [0.15, 0.2) is 42.6 Å². The molecule has 0 atom stereocenters. The number of aromatic nitrogens is 1. The number of rotatable bonds is 6. The molecule has 124 valence electrons. The maximum Gasteiger partial charge on any atom is 0.417 e. The lowest BCUT2D eigenvalue weighted by molar-refractivity contribution is -0.137. The normalized spacial score (nSPS) is 11.7. The first-order valence-corrected chi connectivity index (χ1v) is 7.29. The Balaban J connectivity index is 1.93. The molecule has 6 heteroatoms. The monoisotopic (exact) mass is 324 g/mol. The van der Waals surface area contributed by atoms with Crippen molar-refractivity contribution in [3.63, 3.8) is 0 Å². The third kappa shape index (κ3) is 5.56. The van der Waals surface area contributed by atoms with Crippen LogP contribution in [0.4, 0.5) is 13.2 Å². The van der Waals surface area contributed by atoms with Crippen LogP contribution in [-0.4, -0.2) is 30.5 Å². The molecule has 0 aliphatic heterocycles. The van der Waals surface area contributed by atoms with E-state index in [9.17, 15) is 13.2 Å². The second kappa shape index (κ2) is 7.46. The van der Waals surface area contributed by atoms with Gasteiger partial charge in [-0.3, -0.25) is 0 Å². The summed E-state index contributed by atoms with van der Waals surface area (Å²) in [5.74, 6) is 0.687. The number of halogens is 3. The second-order valence-electron chi connectivity index (χ2n) is 5.54. The number of alkyl halides is 3. The molecule has 0 saturated heterocycles. The summed E-state index contributed by atoms with van der Waals surface area (Å²) in [5, 5.41) is 0. The minimum Gasteiger partial charge on any atom is -0.439 e. The van der Waals surface area contributed by atoms with Gasteiger partial charge >= 0.3 is 6.18 Å². The van der Waals surface area contributed by atoms with Crippen molar-refractivity contribution in [3.8, 4) is 11.6 Å². The topological polar surface area (TPSA) is 25.4 Å².